The molecule has 24 heavy (non-hydrogen) atoms. The first-order valence-corrected chi connectivity index (χ1v) is 7.68. The summed E-state index contributed by atoms with van der Waals surface area (Å²) in [6.45, 7) is 11.4. The summed E-state index contributed by atoms with van der Waals surface area (Å²) in [5.74, 6) is 1.09. The molecule has 0 atom stereocenters. The summed E-state index contributed by atoms with van der Waals surface area (Å²) in [5.41, 5.74) is 8.02. The molecule has 2 heterocycles. The molecule has 0 radical (unpaired) electrons. The lowest BCUT2D eigenvalue weighted by Crippen LogP contribution is -2.23. The smallest absolute Gasteiger partial charge is 0.212 e. The van der Waals surface area contributed by atoms with Crippen molar-refractivity contribution in [3.8, 4) is 0 Å². The number of nitrogens with one attached hydrogen (secondary N) is 3. The van der Waals surface area contributed by atoms with Crippen LogP contribution in [0.5, 0.6) is 0 Å². The van der Waals surface area contributed by atoms with Crippen LogP contribution in [0, 0.1) is 0 Å². The minimum atomic E-state index is 0.443. The molecular weight excluding hydrogens is 304 g/mol. The van der Waals surface area contributed by atoms with E-state index in [2.05, 4.69) is 32.1 Å². The molecule has 2 aromatic heterocycles. The molecule has 0 bridgehead atoms. The van der Waals surface area contributed by atoms with Gasteiger partial charge in [0.05, 0.1) is 28.2 Å². The third kappa shape index (κ3) is 4.01. The maximum Gasteiger partial charge on any atom is 0.212 e. The molecule has 0 aromatic carbocycles. The third-order valence-electron chi connectivity index (χ3n) is 3.21. The van der Waals surface area contributed by atoms with Crippen molar-refractivity contribution >= 4 is 35.7 Å². The van der Waals surface area contributed by atoms with Crippen LogP contribution in [0.1, 0.15) is 39.1 Å². The molecule has 0 aliphatic carbocycles. The number of hydrogen-bond donors (Lipinski definition) is 4. The maximum atomic E-state index is 10.6. The number of allylic oxidation sites excluding steroid dienone is 2. The molecule has 5 N–H and O–H groups in total. The number of rotatable bonds is 5. The van der Waals surface area contributed by atoms with E-state index in [0.717, 1.165) is 16.3 Å². The molecule has 1 amide bonds. The van der Waals surface area contributed by atoms with Crippen molar-refractivity contribution < 1.29 is 4.79 Å². The lowest BCUT2D eigenvalue weighted by Gasteiger charge is -2.05. The molecule has 2 aromatic rings. The molecule has 0 saturated carbocycles. The number of nitrogens with zero attached hydrogens (tertiary/aromatic N) is 2. The van der Waals surface area contributed by atoms with Gasteiger partial charge in [-0.05, 0) is 19.9 Å². The molecule has 128 valence electrons. The summed E-state index contributed by atoms with van der Waals surface area (Å²) in [6, 6.07) is 0. The number of nitrogens with two attached hydrogens (primary N) is 1. The standard InChI is InChI=1S/C15H18N6O.C2H6/c1-4-6-12-11(5-2)19-14(20-12)9(3)13(16)10-7-18-21-15(10)17-8-22;1-2/h4-8H,1,16H2,2-3H3,(H,19,20)(H2,17,18,21,22);1-2H3/b11-5+,12-6+,13-9-;. The Morgan fingerprint density at radius 3 is 2.71 bits per heavy atom. The predicted octanol–water partition coefficient (Wildman–Crippen LogP) is 1.34. The first kappa shape index (κ1) is 19.0. The fraction of sp³-hybridized carbons (Fsp3) is 0.235. The molecule has 0 aliphatic rings. The fourth-order valence-corrected chi connectivity index (χ4v) is 2.03. The Bertz CT molecular complexity index is 841. The highest BCUT2D eigenvalue weighted by atomic mass is 16.1. The van der Waals surface area contributed by atoms with Gasteiger partial charge < -0.3 is 16.0 Å². The minimum Gasteiger partial charge on any atom is -0.398 e. The Balaban J connectivity index is 0.00000139. The van der Waals surface area contributed by atoms with Gasteiger partial charge in [-0.15, -0.1) is 0 Å². The average Bonchev–Trinajstić information content (AvgIpc) is 3.23. The Hall–Kier alpha value is -3.09. The van der Waals surface area contributed by atoms with E-state index in [1.807, 2.05) is 39.8 Å². The van der Waals surface area contributed by atoms with Crippen LogP contribution >= 0.6 is 0 Å². The normalized spacial score (nSPS) is 13.0. The quantitative estimate of drug-likeness (QED) is 0.620. The Kier molecular flexibility index (Phi) is 7.22. The SMILES string of the molecule is C=C/C=c1/[nH]c(/C(C)=C(\N)c2cn[nH]c2NC=O)n/c1=C/C.CC. The Labute approximate surface area is 141 Å². The van der Waals surface area contributed by atoms with Crippen molar-refractivity contribution in [2.45, 2.75) is 27.7 Å². The summed E-state index contributed by atoms with van der Waals surface area (Å²) >= 11 is 0. The zero-order chi connectivity index (χ0) is 18.1. The summed E-state index contributed by atoms with van der Waals surface area (Å²) in [5, 5.41) is 10.8. The predicted molar refractivity (Wildman–Crippen MR) is 98.9 cm³/mol. The van der Waals surface area contributed by atoms with Gasteiger partial charge in [-0.25, -0.2) is 4.98 Å². The van der Waals surface area contributed by atoms with Crippen molar-refractivity contribution in [2.24, 2.45) is 5.73 Å². The number of H-pyrrole nitrogens is 2. The Morgan fingerprint density at radius 2 is 2.12 bits per heavy atom. The van der Waals surface area contributed by atoms with E-state index in [-0.39, 0.29) is 0 Å². The zero-order valence-electron chi connectivity index (χ0n) is 14.5. The average molecular weight is 328 g/mol. The van der Waals surface area contributed by atoms with E-state index >= 15 is 0 Å². The highest BCUT2D eigenvalue weighted by Gasteiger charge is 2.12. The maximum absolute atomic E-state index is 10.6. The number of aromatic amines is 2. The second-order valence-electron chi connectivity index (χ2n) is 4.53. The molecule has 7 nitrogen and oxygen atoms in total. The number of aromatic nitrogens is 4. The van der Waals surface area contributed by atoms with E-state index in [9.17, 15) is 4.79 Å². The second kappa shape index (κ2) is 9.14. The molecule has 0 spiro atoms. The summed E-state index contributed by atoms with van der Waals surface area (Å²) in [6.07, 6.45) is 7.54. The van der Waals surface area contributed by atoms with Crippen LogP contribution in [0.25, 0.3) is 23.4 Å². The monoisotopic (exact) mass is 328 g/mol. The van der Waals surface area contributed by atoms with Gasteiger partial charge in [-0.3, -0.25) is 9.89 Å². The van der Waals surface area contributed by atoms with Gasteiger partial charge in [0.25, 0.3) is 0 Å². The van der Waals surface area contributed by atoms with Crippen LogP contribution in [0.3, 0.4) is 0 Å². The van der Waals surface area contributed by atoms with Crippen molar-refractivity contribution in [1.82, 2.24) is 20.2 Å². The Morgan fingerprint density at radius 1 is 1.42 bits per heavy atom. The first-order valence-electron chi connectivity index (χ1n) is 7.68. The van der Waals surface area contributed by atoms with Gasteiger partial charge >= 0.3 is 0 Å². The van der Waals surface area contributed by atoms with Crippen LogP contribution < -0.4 is 21.7 Å². The number of carbonyl (C=O) groups is 1. The summed E-state index contributed by atoms with van der Waals surface area (Å²) in [7, 11) is 0. The number of amides is 1. The van der Waals surface area contributed by atoms with Gasteiger partial charge in [-0.1, -0.05) is 32.6 Å². The third-order valence-corrected chi connectivity index (χ3v) is 3.21. The van der Waals surface area contributed by atoms with Gasteiger partial charge in [0.2, 0.25) is 6.41 Å². The molecular formula is C17H24N6O. The van der Waals surface area contributed by atoms with E-state index in [1.165, 1.54) is 0 Å². The van der Waals surface area contributed by atoms with Crippen LogP contribution in [0.2, 0.25) is 0 Å². The molecule has 2 rings (SSSR count). The van der Waals surface area contributed by atoms with E-state index in [0.29, 0.717) is 29.3 Å². The molecule has 0 saturated heterocycles. The minimum absolute atomic E-state index is 0.443. The van der Waals surface area contributed by atoms with Crippen LogP contribution in [-0.4, -0.2) is 26.6 Å². The van der Waals surface area contributed by atoms with Crippen molar-refractivity contribution in [1.29, 1.82) is 0 Å². The van der Waals surface area contributed by atoms with Gasteiger partial charge in [0.1, 0.15) is 11.6 Å². The topological polar surface area (TPSA) is 112 Å². The van der Waals surface area contributed by atoms with Gasteiger partial charge in [0.15, 0.2) is 0 Å². The van der Waals surface area contributed by atoms with Crippen molar-refractivity contribution in [2.75, 3.05) is 5.32 Å². The molecule has 0 fully saturated rings. The molecule has 7 heteroatoms. The van der Waals surface area contributed by atoms with Crippen LogP contribution in [0.4, 0.5) is 5.82 Å². The van der Waals surface area contributed by atoms with E-state index < -0.39 is 0 Å². The number of anilines is 1. The van der Waals surface area contributed by atoms with Gasteiger partial charge in [0, 0.05) is 5.57 Å². The van der Waals surface area contributed by atoms with Crippen molar-refractivity contribution in [3.05, 3.63) is 40.9 Å². The van der Waals surface area contributed by atoms with E-state index in [1.54, 1.807) is 12.3 Å². The summed E-state index contributed by atoms with van der Waals surface area (Å²) < 4.78 is 0. The first-order chi connectivity index (χ1) is 11.6. The van der Waals surface area contributed by atoms with Crippen LogP contribution in [-0.2, 0) is 4.79 Å². The lowest BCUT2D eigenvalue weighted by atomic mass is 10.1. The van der Waals surface area contributed by atoms with Crippen LogP contribution in [0.15, 0.2) is 18.9 Å². The number of hydrogen-bond acceptors (Lipinski definition) is 4. The zero-order valence-corrected chi connectivity index (χ0v) is 14.5. The second-order valence-corrected chi connectivity index (χ2v) is 4.53. The molecule has 0 unspecified atom stereocenters. The number of imidazole rings is 1. The lowest BCUT2D eigenvalue weighted by molar-refractivity contribution is -0.105. The highest BCUT2D eigenvalue weighted by molar-refractivity contribution is 5.91. The number of carbonyl (C=O) groups excluding carboxylic acids is 1. The van der Waals surface area contributed by atoms with E-state index in [4.69, 9.17) is 5.73 Å². The van der Waals surface area contributed by atoms with Gasteiger partial charge in [-0.2, -0.15) is 5.10 Å². The fourth-order valence-electron chi connectivity index (χ4n) is 2.03. The highest BCUT2D eigenvalue weighted by Crippen LogP contribution is 2.23. The molecule has 0 aliphatic heterocycles. The summed E-state index contributed by atoms with van der Waals surface area (Å²) in [4.78, 5) is 18.3. The largest absolute Gasteiger partial charge is 0.398 e. The van der Waals surface area contributed by atoms with Crippen molar-refractivity contribution in [3.63, 3.8) is 0 Å².